The summed E-state index contributed by atoms with van der Waals surface area (Å²) < 4.78 is 5.98. The molecule has 0 amide bonds. The van der Waals surface area contributed by atoms with Crippen molar-refractivity contribution in [2.24, 2.45) is 0 Å². The molecule has 0 bridgehead atoms. The molecule has 1 aromatic rings. The van der Waals surface area contributed by atoms with Gasteiger partial charge < -0.3 is 9.72 Å². The monoisotopic (exact) mass is 289 g/mol. The molecular formula is C16H23N3O2. The highest BCUT2D eigenvalue weighted by atomic mass is 16.5. The molecule has 2 aliphatic heterocycles. The number of fused-ring (bicyclic) bond motifs is 2. The number of H-pyrrole nitrogens is 1. The van der Waals surface area contributed by atoms with E-state index in [1.165, 1.54) is 19.3 Å². The van der Waals surface area contributed by atoms with Crippen LogP contribution in [0.15, 0.2) is 4.79 Å². The van der Waals surface area contributed by atoms with E-state index in [1.807, 2.05) is 0 Å². The van der Waals surface area contributed by atoms with Gasteiger partial charge in [0.25, 0.3) is 5.56 Å². The molecule has 3 heterocycles. The van der Waals surface area contributed by atoms with Gasteiger partial charge in [0, 0.05) is 18.2 Å². The summed E-state index contributed by atoms with van der Waals surface area (Å²) in [7, 11) is 0. The Morgan fingerprint density at radius 1 is 1.19 bits per heavy atom. The van der Waals surface area contributed by atoms with Gasteiger partial charge in [-0.1, -0.05) is 6.42 Å². The molecule has 2 fully saturated rings. The molecule has 1 N–H and O–H groups in total. The van der Waals surface area contributed by atoms with Crippen LogP contribution in [0.25, 0.3) is 0 Å². The van der Waals surface area contributed by atoms with Crippen LogP contribution in [0, 0.1) is 0 Å². The Balaban J connectivity index is 1.62. The van der Waals surface area contributed by atoms with Crippen LogP contribution in [0.4, 0.5) is 0 Å². The smallest absolute Gasteiger partial charge is 0.254 e. The van der Waals surface area contributed by atoms with Gasteiger partial charge in [-0.05, 0) is 45.1 Å². The van der Waals surface area contributed by atoms with E-state index in [9.17, 15) is 4.79 Å². The van der Waals surface area contributed by atoms with Crippen molar-refractivity contribution in [3.8, 4) is 0 Å². The Hall–Kier alpha value is -1.20. The zero-order valence-electron chi connectivity index (χ0n) is 12.4. The van der Waals surface area contributed by atoms with Crippen molar-refractivity contribution >= 4 is 0 Å². The molecule has 2 atom stereocenters. The van der Waals surface area contributed by atoms with Crippen molar-refractivity contribution in [2.45, 2.75) is 57.1 Å². The number of morpholine rings is 1. The molecule has 21 heavy (non-hydrogen) atoms. The highest BCUT2D eigenvalue weighted by molar-refractivity contribution is 5.20. The summed E-state index contributed by atoms with van der Waals surface area (Å²) in [6, 6.07) is 0.578. The minimum atomic E-state index is -0.0689. The van der Waals surface area contributed by atoms with Gasteiger partial charge in [0.1, 0.15) is 11.9 Å². The van der Waals surface area contributed by atoms with Gasteiger partial charge in [-0.25, -0.2) is 4.98 Å². The van der Waals surface area contributed by atoms with E-state index in [-0.39, 0.29) is 11.7 Å². The number of ether oxygens (including phenoxy) is 1. The van der Waals surface area contributed by atoms with E-state index >= 15 is 0 Å². The number of nitrogens with one attached hydrogen (secondary N) is 1. The van der Waals surface area contributed by atoms with Gasteiger partial charge in [0.05, 0.1) is 12.3 Å². The minimum Gasteiger partial charge on any atom is -0.367 e. The van der Waals surface area contributed by atoms with Crippen molar-refractivity contribution in [2.75, 3.05) is 19.7 Å². The number of aryl methyl sites for hydroxylation is 1. The highest BCUT2D eigenvalue weighted by Gasteiger charge is 2.34. The standard InChI is InChI=1S/C16H23N3O2/c20-16-12-6-2-1-3-7-13(12)17-15(18-16)14-9-19-8-4-5-11(19)10-21-14/h11,14H,1-10H2,(H,17,18,20). The van der Waals surface area contributed by atoms with Crippen LogP contribution in [0.5, 0.6) is 0 Å². The topological polar surface area (TPSA) is 58.2 Å². The average molecular weight is 289 g/mol. The molecule has 0 radical (unpaired) electrons. The predicted octanol–water partition coefficient (Wildman–Crippen LogP) is 1.57. The van der Waals surface area contributed by atoms with Crippen molar-refractivity contribution < 1.29 is 4.74 Å². The first-order chi connectivity index (χ1) is 10.3. The predicted molar refractivity (Wildman–Crippen MR) is 79.4 cm³/mol. The summed E-state index contributed by atoms with van der Waals surface area (Å²) in [5, 5.41) is 0. The maximum Gasteiger partial charge on any atom is 0.254 e. The van der Waals surface area contributed by atoms with Gasteiger partial charge in [-0.15, -0.1) is 0 Å². The Bertz CT molecular complexity index is 583. The second kappa shape index (κ2) is 5.54. The van der Waals surface area contributed by atoms with Gasteiger partial charge in [0.15, 0.2) is 0 Å². The van der Waals surface area contributed by atoms with E-state index in [2.05, 4.69) is 9.88 Å². The van der Waals surface area contributed by atoms with Gasteiger partial charge >= 0.3 is 0 Å². The Labute approximate surface area is 124 Å². The molecule has 0 aromatic carbocycles. The first-order valence-corrected chi connectivity index (χ1v) is 8.29. The zero-order valence-corrected chi connectivity index (χ0v) is 12.4. The Morgan fingerprint density at radius 2 is 2.10 bits per heavy atom. The summed E-state index contributed by atoms with van der Waals surface area (Å²) >= 11 is 0. The maximum atomic E-state index is 12.3. The van der Waals surface area contributed by atoms with Crippen LogP contribution in [0.2, 0.25) is 0 Å². The van der Waals surface area contributed by atoms with E-state index in [1.54, 1.807) is 0 Å². The van der Waals surface area contributed by atoms with Crippen molar-refractivity contribution in [3.63, 3.8) is 0 Å². The molecule has 114 valence electrons. The number of hydrogen-bond donors (Lipinski definition) is 1. The number of hydrogen-bond acceptors (Lipinski definition) is 4. The molecule has 1 aromatic heterocycles. The molecule has 2 unspecified atom stereocenters. The van der Waals surface area contributed by atoms with Crippen LogP contribution in [0.1, 0.15) is 55.3 Å². The quantitative estimate of drug-likeness (QED) is 0.797. The third-order valence-corrected chi connectivity index (χ3v) is 5.15. The summed E-state index contributed by atoms with van der Waals surface area (Å²) in [5.74, 6) is 0.742. The largest absolute Gasteiger partial charge is 0.367 e. The van der Waals surface area contributed by atoms with E-state index in [4.69, 9.17) is 9.72 Å². The minimum absolute atomic E-state index is 0.0593. The number of aromatic nitrogens is 2. The molecule has 0 saturated carbocycles. The molecule has 1 aliphatic carbocycles. The summed E-state index contributed by atoms with van der Waals surface area (Å²) in [4.78, 5) is 22.6. The van der Waals surface area contributed by atoms with Gasteiger partial charge in [-0.3, -0.25) is 9.69 Å². The SMILES string of the molecule is O=c1[nH]c(C2CN3CCCC3CO2)nc2c1CCCCC2. The van der Waals surface area contributed by atoms with Crippen LogP contribution < -0.4 is 5.56 Å². The highest BCUT2D eigenvalue weighted by Crippen LogP contribution is 2.28. The first kappa shape index (κ1) is 13.5. The van der Waals surface area contributed by atoms with Crippen molar-refractivity contribution in [3.05, 3.63) is 27.4 Å². The summed E-state index contributed by atoms with van der Waals surface area (Å²) in [5.41, 5.74) is 1.98. The fourth-order valence-corrected chi connectivity index (χ4v) is 3.93. The normalized spacial score (nSPS) is 29.7. The third-order valence-electron chi connectivity index (χ3n) is 5.15. The Kier molecular flexibility index (Phi) is 3.55. The van der Waals surface area contributed by atoms with E-state index in [0.29, 0.717) is 6.04 Å². The maximum absolute atomic E-state index is 12.3. The first-order valence-electron chi connectivity index (χ1n) is 8.29. The fraction of sp³-hybridized carbons (Fsp3) is 0.750. The van der Waals surface area contributed by atoms with Crippen molar-refractivity contribution in [1.29, 1.82) is 0 Å². The van der Waals surface area contributed by atoms with E-state index < -0.39 is 0 Å². The molecular weight excluding hydrogens is 266 g/mol. The second-order valence-electron chi connectivity index (χ2n) is 6.55. The van der Waals surface area contributed by atoms with Crippen LogP contribution in [-0.2, 0) is 17.6 Å². The van der Waals surface area contributed by atoms with Gasteiger partial charge in [0.2, 0.25) is 0 Å². The third kappa shape index (κ3) is 2.53. The summed E-state index contributed by atoms with van der Waals surface area (Å²) in [6.45, 7) is 2.79. The average Bonchev–Trinajstić information content (AvgIpc) is 2.83. The Morgan fingerprint density at radius 3 is 3.05 bits per heavy atom. The molecule has 3 aliphatic rings. The van der Waals surface area contributed by atoms with Crippen molar-refractivity contribution in [1.82, 2.24) is 14.9 Å². The number of aromatic amines is 1. The lowest BCUT2D eigenvalue weighted by molar-refractivity contribution is -0.0543. The molecule has 4 rings (SSSR count). The lowest BCUT2D eigenvalue weighted by Crippen LogP contribution is -2.43. The second-order valence-corrected chi connectivity index (χ2v) is 6.55. The summed E-state index contributed by atoms with van der Waals surface area (Å²) in [6.07, 6.45) is 7.68. The zero-order chi connectivity index (χ0) is 14.2. The van der Waals surface area contributed by atoms with Crippen LogP contribution in [-0.4, -0.2) is 40.6 Å². The molecule has 5 nitrogen and oxygen atoms in total. The van der Waals surface area contributed by atoms with Crippen LogP contribution in [0.3, 0.4) is 0 Å². The molecule has 5 heteroatoms. The lowest BCUT2D eigenvalue weighted by atomic mass is 10.1. The fourth-order valence-electron chi connectivity index (χ4n) is 3.93. The molecule has 0 spiro atoms. The number of rotatable bonds is 1. The number of nitrogens with zero attached hydrogens (tertiary/aromatic N) is 2. The molecule has 2 saturated heterocycles. The van der Waals surface area contributed by atoms with E-state index in [0.717, 1.165) is 62.5 Å². The lowest BCUT2D eigenvalue weighted by Gasteiger charge is -2.34. The van der Waals surface area contributed by atoms with Gasteiger partial charge in [-0.2, -0.15) is 0 Å². The van der Waals surface area contributed by atoms with Crippen LogP contribution >= 0.6 is 0 Å².